The molecule has 0 N–H and O–H groups in total. The number of ether oxygens (including phenoxy) is 1. The summed E-state index contributed by atoms with van der Waals surface area (Å²) in [4.78, 5) is 0. The van der Waals surface area contributed by atoms with E-state index in [0.717, 1.165) is 5.75 Å². The SMILES string of the molecule is CC.CC.Cc1cccc(OCc2c(C)c(C)c(C)c(C)c2C)c1C. The molecule has 0 bridgehead atoms. The molecule has 0 aliphatic rings. The van der Waals surface area contributed by atoms with E-state index in [0.29, 0.717) is 6.61 Å². The lowest BCUT2D eigenvalue weighted by Crippen LogP contribution is -2.07. The van der Waals surface area contributed by atoms with Crippen LogP contribution >= 0.6 is 0 Å². The highest BCUT2D eigenvalue weighted by atomic mass is 16.5. The zero-order valence-corrected chi connectivity index (χ0v) is 18.3. The monoisotopic (exact) mass is 342 g/mol. The van der Waals surface area contributed by atoms with Crippen molar-refractivity contribution in [2.45, 2.75) is 82.8 Å². The number of hydrogen-bond acceptors (Lipinski definition) is 1. The molecular weight excluding hydrogens is 304 g/mol. The lowest BCUT2D eigenvalue weighted by Gasteiger charge is -2.19. The van der Waals surface area contributed by atoms with Gasteiger partial charge in [0, 0.05) is 0 Å². The summed E-state index contributed by atoms with van der Waals surface area (Å²) < 4.78 is 6.12. The van der Waals surface area contributed by atoms with Gasteiger partial charge in [-0.05, 0) is 99.0 Å². The molecular formula is C24H38O. The Morgan fingerprint density at radius 1 is 0.600 bits per heavy atom. The van der Waals surface area contributed by atoms with Crippen LogP contribution in [-0.2, 0) is 6.61 Å². The van der Waals surface area contributed by atoms with E-state index in [-0.39, 0.29) is 0 Å². The predicted molar refractivity (Wildman–Crippen MR) is 113 cm³/mol. The first-order valence-corrected chi connectivity index (χ1v) is 9.59. The van der Waals surface area contributed by atoms with Gasteiger partial charge < -0.3 is 4.74 Å². The molecule has 0 fully saturated rings. The summed E-state index contributed by atoms with van der Waals surface area (Å²) in [5.41, 5.74) is 10.7. The Balaban J connectivity index is 0.00000134. The predicted octanol–water partition coefficient (Wildman–Crippen LogP) is 7.48. The summed E-state index contributed by atoms with van der Waals surface area (Å²) in [5, 5.41) is 0. The first-order valence-electron chi connectivity index (χ1n) is 9.59. The Morgan fingerprint density at radius 2 is 1.04 bits per heavy atom. The van der Waals surface area contributed by atoms with Crippen molar-refractivity contribution in [1.29, 1.82) is 0 Å². The summed E-state index contributed by atoms with van der Waals surface area (Å²) in [6.07, 6.45) is 0. The fraction of sp³-hybridized carbons (Fsp3) is 0.500. The van der Waals surface area contributed by atoms with Crippen LogP contribution in [-0.4, -0.2) is 0 Å². The fourth-order valence-electron chi connectivity index (χ4n) is 2.82. The third-order valence-electron chi connectivity index (χ3n) is 5.08. The van der Waals surface area contributed by atoms with Crippen LogP contribution in [0.2, 0.25) is 0 Å². The van der Waals surface area contributed by atoms with Crippen molar-refractivity contribution < 1.29 is 4.74 Å². The van der Waals surface area contributed by atoms with Gasteiger partial charge in [0.2, 0.25) is 0 Å². The third-order valence-corrected chi connectivity index (χ3v) is 5.08. The van der Waals surface area contributed by atoms with E-state index >= 15 is 0 Å². The summed E-state index contributed by atoms with van der Waals surface area (Å²) in [5.74, 6) is 0.990. The van der Waals surface area contributed by atoms with E-state index in [1.54, 1.807) is 0 Å². The van der Waals surface area contributed by atoms with Gasteiger partial charge in [-0.1, -0.05) is 39.8 Å². The minimum Gasteiger partial charge on any atom is -0.489 e. The largest absolute Gasteiger partial charge is 0.489 e. The minimum absolute atomic E-state index is 0.643. The Labute approximate surface area is 156 Å². The lowest BCUT2D eigenvalue weighted by atomic mass is 9.90. The van der Waals surface area contributed by atoms with Gasteiger partial charge in [-0.15, -0.1) is 0 Å². The van der Waals surface area contributed by atoms with Gasteiger partial charge in [0.1, 0.15) is 12.4 Å². The first-order chi connectivity index (χ1) is 11.8. The van der Waals surface area contributed by atoms with Crippen molar-refractivity contribution >= 4 is 0 Å². The molecule has 0 spiro atoms. The van der Waals surface area contributed by atoms with Crippen molar-refractivity contribution in [2.75, 3.05) is 0 Å². The molecule has 2 aromatic rings. The summed E-state index contributed by atoms with van der Waals surface area (Å²) in [6, 6.07) is 6.24. The molecule has 0 atom stereocenters. The molecule has 2 aromatic carbocycles. The van der Waals surface area contributed by atoms with Crippen molar-refractivity contribution in [3.05, 3.63) is 62.7 Å². The van der Waals surface area contributed by atoms with Crippen molar-refractivity contribution in [1.82, 2.24) is 0 Å². The molecule has 140 valence electrons. The van der Waals surface area contributed by atoms with E-state index in [1.165, 1.54) is 44.5 Å². The number of rotatable bonds is 3. The Morgan fingerprint density at radius 3 is 1.52 bits per heavy atom. The maximum atomic E-state index is 6.12. The van der Waals surface area contributed by atoms with Gasteiger partial charge in [-0.25, -0.2) is 0 Å². The second kappa shape index (κ2) is 11.0. The first kappa shape index (κ1) is 23.2. The van der Waals surface area contributed by atoms with Crippen LogP contribution in [0.1, 0.15) is 72.2 Å². The molecule has 0 heterocycles. The quantitative estimate of drug-likeness (QED) is 0.562. The Hall–Kier alpha value is -1.76. The van der Waals surface area contributed by atoms with Crippen molar-refractivity contribution in [3.63, 3.8) is 0 Å². The molecule has 0 aromatic heterocycles. The molecule has 2 rings (SSSR count). The zero-order chi connectivity index (χ0) is 19.7. The van der Waals surface area contributed by atoms with Crippen molar-refractivity contribution in [3.8, 4) is 5.75 Å². The molecule has 0 amide bonds. The van der Waals surface area contributed by atoms with Crippen LogP contribution in [0.3, 0.4) is 0 Å². The van der Waals surface area contributed by atoms with Crippen LogP contribution in [0.25, 0.3) is 0 Å². The molecule has 0 saturated heterocycles. The smallest absolute Gasteiger partial charge is 0.122 e. The molecule has 25 heavy (non-hydrogen) atoms. The van der Waals surface area contributed by atoms with Crippen LogP contribution in [0.5, 0.6) is 5.75 Å². The molecule has 0 aliphatic heterocycles. The van der Waals surface area contributed by atoms with Gasteiger partial charge in [0.25, 0.3) is 0 Å². The minimum atomic E-state index is 0.643. The average molecular weight is 343 g/mol. The number of hydrogen-bond donors (Lipinski definition) is 0. The Bertz CT molecular complexity index is 652. The van der Waals surface area contributed by atoms with E-state index in [1.807, 2.05) is 27.7 Å². The molecule has 0 radical (unpaired) electrons. The third kappa shape index (κ3) is 5.36. The summed E-state index contributed by atoms with van der Waals surface area (Å²) >= 11 is 0. The van der Waals surface area contributed by atoms with Gasteiger partial charge in [0.15, 0.2) is 0 Å². The molecule has 0 saturated carbocycles. The van der Waals surface area contributed by atoms with Gasteiger partial charge in [-0.3, -0.25) is 0 Å². The second-order valence-electron chi connectivity index (χ2n) is 6.09. The fourth-order valence-corrected chi connectivity index (χ4v) is 2.82. The second-order valence-corrected chi connectivity index (χ2v) is 6.09. The highest BCUT2D eigenvalue weighted by Crippen LogP contribution is 2.28. The lowest BCUT2D eigenvalue weighted by molar-refractivity contribution is 0.302. The molecule has 1 nitrogen and oxygen atoms in total. The normalized spacial score (nSPS) is 9.56. The van der Waals surface area contributed by atoms with Crippen LogP contribution in [0.15, 0.2) is 18.2 Å². The van der Waals surface area contributed by atoms with E-state index in [2.05, 4.69) is 66.7 Å². The average Bonchev–Trinajstić information content (AvgIpc) is 2.65. The molecule has 0 aliphatic carbocycles. The highest BCUT2D eigenvalue weighted by molar-refractivity contribution is 5.49. The maximum Gasteiger partial charge on any atom is 0.122 e. The standard InChI is InChI=1S/C20H26O.2C2H6/c1-12-9-8-10-20(13(12)2)21-11-19-17(6)15(4)14(3)16(5)18(19)7;2*1-2/h8-10H,11H2,1-7H3;2*1-2H3. The maximum absolute atomic E-state index is 6.12. The molecule has 1 heteroatoms. The van der Waals surface area contributed by atoms with Crippen molar-refractivity contribution in [2.24, 2.45) is 0 Å². The van der Waals surface area contributed by atoms with E-state index in [9.17, 15) is 0 Å². The summed E-state index contributed by atoms with van der Waals surface area (Å²) in [6.45, 7) is 23.9. The number of aryl methyl sites for hydroxylation is 1. The van der Waals surface area contributed by atoms with E-state index < -0.39 is 0 Å². The Kier molecular flexibility index (Phi) is 10.2. The van der Waals surface area contributed by atoms with Gasteiger partial charge in [0.05, 0.1) is 0 Å². The van der Waals surface area contributed by atoms with Crippen LogP contribution in [0, 0.1) is 48.5 Å². The highest BCUT2D eigenvalue weighted by Gasteiger charge is 2.13. The van der Waals surface area contributed by atoms with E-state index in [4.69, 9.17) is 4.74 Å². The van der Waals surface area contributed by atoms with Crippen LogP contribution in [0.4, 0.5) is 0 Å². The molecule has 0 unspecified atom stereocenters. The number of benzene rings is 2. The summed E-state index contributed by atoms with van der Waals surface area (Å²) in [7, 11) is 0. The zero-order valence-electron chi connectivity index (χ0n) is 18.3. The van der Waals surface area contributed by atoms with Gasteiger partial charge in [-0.2, -0.15) is 0 Å². The van der Waals surface area contributed by atoms with Crippen LogP contribution < -0.4 is 4.74 Å². The van der Waals surface area contributed by atoms with Gasteiger partial charge >= 0.3 is 0 Å². The topological polar surface area (TPSA) is 9.23 Å².